The number of carbonyl (C=O) groups is 2. The molecule has 2 heterocycles. The van der Waals surface area contributed by atoms with Gasteiger partial charge in [-0.25, -0.2) is 0 Å². The fourth-order valence-electron chi connectivity index (χ4n) is 2.60. The van der Waals surface area contributed by atoms with Crippen LogP contribution in [-0.2, 0) is 4.79 Å². The lowest BCUT2D eigenvalue weighted by Crippen LogP contribution is -2.54. The number of carbonyl (C=O) groups excluding carboxylic acids is 2. The van der Waals surface area contributed by atoms with Gasteiger partial charge in [0.1, 0.15) is 6.04 Å². The molecule has 1 N–H and O–H groups in total. The molecule has 1 aromatic heterocycles. The third-order valence-electron chi connectivity index (χ3n) is 3.53. The van der Waals surface area contributed by atoms with Crippen molar-refractivity contribution in [1.82, 2.24) is 10.2 Å². The number of hydrogen-bond acceptors (Lipinski definition) is 4. The van der Waals surface area contributed by atoms with Gasteiger partial charge in [-0.05, 0) is 45.2 Å². The zero-order valence-electron chi connectivity index (χ0n) is 14.5. The van der Waals surface area contributed by atoms with Gasteiger partial charge in [-0.3, -0.25) is 9.59 Å². The Morgan fingerprint density at radius 3 is 2.65 bits per heavy atom. The molecular formula is C17H26N2O3S. The minimum atomic E-state index is -0.458. The van der Waals surface area contributed by atoms with E-state index >= 15 is 0 Å². The molecule has 1 aliphatic rings. The summed E-state index contributed by atoms with van der Waals surface area (Å²) >= 11 is 1.67. The largest absolute Gasteiger partial charge is 0.459 e. The van der Waals surface area contributed by atoms with Crippen LogP contribution in [0.1, 0.15) is 51.6 Å². The number of furan rings is 1. The number of nitrogens with zero attached hydrogens (tertiary/aromatic N) is 1. The van der Waals surface area contributed by atoms with Crippen LogP contribution < -0.4 is 5.32 Å². The molecule has 1 aliphatic heterocycles. The standard InChI is InChI=1S/C17H26N2O3S/c1-11(2)9-14-19(16(21)13-7-6-8-22-13)12(10-23-14)15(20)18-17(3,4)5/h6-8,11-12,14H,9-10H2,1-5H3,(H,18,20). The Morgan fingerprint density at radius 1 is 1.43 bits per heavy atom. The van der Waals surface area contributed by atoms with Crippen LogP contribution in [0, 0.1) is 5.92 Å². The van der Waals surface area contributed by atoms with Gasteiger partial charge in [0.25, 0.3) is 5.91 Å². The van der Waals surface area contributed by atoms with Crippen LogP contribution in [0.15, 0.2) is 22.8 Å². The highest BCUT2D eigenvalue weighted by Crippen LogP contribution is 2.35. The number of nitrogens with one attached hydrogen (secondary N) is 1. The maximum atomic E-state index is 12.8. The fraction of sp³-hybridized carbons (Fsp3) is 0.647. The van der Waals surface area contributed by atoms with E-state index in [-0.39, 0.29) is 28.5 Å². The van der Waals surface area contributed by atoms with Crippen LogP contribution in [0.3, 0.4) is 0 Å². The summed E-state index contributed by atoms with van der Waals surface area (Å²) in [5.74, 6) is 1.04. The highest BCUT2D eigenvalue weighted by Gasteiger charge is 2.43. The molecule has 6 heteroatoms. The molecule has 0 spiro atoms. The minimum Gasteiger partial charge on any atom is -0.459 e. The van der Waals surface area contributed by atoms with E-state index in [9.17, 15) is 9.59 Å². The van der Waals surface area contributed by atoms with Crippen LogP contribution in [0.2, 0.25) is 0 Å². The van der Waals surface area contributed by atoms with Crippen molar-refractivity contribution in [3.05, 3.63) is 24.2 Å². The van der Waals surface area contributed by atoms with Gasteiger partial charge in [0.05, 0.1) is 11.6 Å². The van der Waals surface area contributed by atoms with Crippen molar-refractivity contribution in [3.63, 3.8) is 0 Å². The molecule has 0 saturated carbocycles. The Labute approximate surface area is 142 Å². The smallest absolute Gasteiger partial charge is 0.291 e. The molecule has 128 valence electrons. The van der Waals surface area contributed by atoms with Crippen molar-refractivity contribution >= 4 is 23.6 Å². The van der Waals surface area contributed by atoms with Crippen molar-refractivity contribution in [2.45, 2.75) is 58.0 Å². The van der Waals surface area contributed by atoms with E-state index in [4.69, 9.17) is 4.42 Å². The van der Waals surface area contributed by atoms with E-state index in [2.05, 4.69) is 19.2 Å². The summed E-state index contributed by atoms with van der Waals surface area (Å²) in [7, 11) is 0. The van der Waals surface area contributed by atoms with E-state index in [0.717, 1.165) is 6.42 Å². The molecule has 2 rings (SSSR count). The molecule has 2 unspecified atom stereocenters. The Morgan fingerprint density at radius 2 is 2.13 bits per heavy atom. The lowest BCUT2D eigenvalue weighted by Gasteiger charge is -2.31. The SMILES string of the molecule is CC(C)CC1SCC(C(=O)NC(C)(C)C)N1C(=O)c1ccco1. The predicted molar refractivity (Wildman–Crippen MR) is 92.3 cm³/mol. The van der Waals surface area contributed by atoms with E-state index in [1.165, 1.54) is 6.26 Å². The number of hydrogen-bond donors (Lipinski definition) is 1. The summed E-state index contributed by atoms with van der Waals surface area (Å²) in [6, 6.07) is 2.88. The monoisotopic (exact) mass is 338 g/mol. The predicted octanol–water partition coefficient (Wildman–Crippen LogP) is 3.12. The van der Waals surface area contributed by atoms with E-state index in [1.807, 2.05) is 20.8 Å². The summed E-state index contributed by atoms with van der Waals surface area (Å²) in [6.07, 6.45) is 2.34. The first kappa shape index (κ1) is 17.9. The summed E-state index contributed by atoms with van der Waals surface area (Å²) in [5, 5.41) is 2.99. The van der Waals surface area contributed by atoms with Gasteiger partial charge in [0, 0.05) is 11.3 Å². The Kier molecular flexibility index (Phi) is 5.45. The van der Waals surface area contributed by atoms with Crippen LogP contribution >= 0.6 is 11.8 Å². The molecule has 2 amide bonds. The van der Waals surface area contributed by atoms with E-state index in [0.29, 0.717) is 11.7 Å². The van der Waals surface area contributed by atoms with Gasteiger partial charge in [0.15, 0.2) is 5.76 Å². The van der Waals surface area contributed by atoms with Crippen molar-refractivity contribution in [2.75, 3.05) is 5.75 Å². The van der Waals surface area contributed by atoms with Gasteiger partial charge in [0.2, 0.25) is 5.91 Å². The summed E-state index contributed by atoms with van der Waals surface area (Å²) in [4.78, 5) is 27.1. The first-order valence-electron chi connectivity index (χ1n) is 7.99. The van der Waals surface area contributed by atoms with E-state index < -0.39 is 6.04 Å². The second-order valence-corrected chi connectivity index (χ2v) is 8.57. The van der Waals surface area contributed by atoms with Gasteiger partial charge < -0.3 is 14.6 Å². The third-order valence-corrected chi connectivity index (χ3v) is 4.85. The average molecular weight is 338 g/mol. The molecule has 0 radical (unpaired) electrons. The molecule has 5 nitrogen and oxygen atoms in total. The maximum Gasteiger partial charge on any atom is 0.291 e. The molecular weight excluding hydrogens is 312 g/mol. The molecule has 1 saturated heterocycles. The fourth-order valence-corrected chi connectivity index (χ4v) is 4.24. The molecule has 23 heavy (non-hydrogen) atoms. The van der Waals surface area contributed by atoms with Gasteiger partial charge in [-0.15, -0.1) is 11.8 Å². The summed E-state index contributed by atoms with van der Waals surface area (Å²) in [6.45, 7) is 10.1. The zero-order valence-corrected chi connectivity index (χ0v) is 15.3. The minimum absolute atomic E-state index is 0.00307. The second kappa shape index (κ2) is 6.99. The first-order valence-corrected chi connectivity index (χ1v) is 9.03. The zero-order chi connectivity index (χ0) is 17.2. The van der Waals surface area contributed by atoms with Gasteiger partial charge >= 0.3 is 0 Å². The summed E-state index contributed by atoms with van der Waals surface area (Å²) < 4.78 is 5.26. The van der Waals surface area contributed by atoms with E-state index in [1.54, 1.807) is 28.8 Å². The topological polar surface area (TPSA) is 62.6 Å². The highest BCUT2D eigenvalue weighted by molar-refractivity contribution is 8.00. The first-order chi connectivity index (χ1) is 10.7. The maximum absolute atomic E-state index is 12.8. The normalized spacial score (nSPS) is 21.7. The molecule has 1 fully saturated rings. The Hall–Kier alpha value is -1.43. The van der Waals surface area contributed by atoms with Crippen molar-refractivity contribution in [1.29, 1.82) is 0 Å². The van der Waals surface area contributed by atoms with Crippen LogP contribution in [-0.4, -0.2) is 39.4 Å². The second-order valence-electron chi connectivity index (χ2n) is 7.36. The van der Waals surface area contributed by atoms with Gasteiger partial charge in [-0.2, -0.15) is 0 Å². The lowest BCUT2D eigenvalue weighted by atomic mass is 10.1. The van der Waals surface area contributed by atoms with Crippen molar-refractivity contribution in [2.24, 2.45) is 5.92 Å². The van der Waals surface area contributed by atoms with Gasteiger partial charge in [-0.1, -0.05) is 13.8 Å². The number of amides is 2. The molecule has 2 atom stereocenters. The number of rotatable bonds is 4. The third kappa shape index (κ3) is 4.53. The van der Waals surface area contributed by atoms with Crippen LogP contribution in [0.4, 0.5) is 0 Å². The summed E-state index contributed by atoms with van der Waals surface area (Å²) in [5.41, 5.74) is -0.322. The van der Waals surface area contributed by atoms with Crippen LogP contribution in [0.25, 0.3) is 0 Å². The quantitative estimate of drug-likeness (QED) is 0.916. The molecule has 0 bridgehead atoms. The average Bonchev–Trinajstić information content (AvgIpc) is 3.03. The molecule has 1 aromatic rings. The highest BCUT2D eigenvalue weighted by atomic mass is 32.2. The Bertz CT molecular complexity index is 549. The molecule has 0 aliphatic carbocycles. The lowest BCUT2D eigenvalue weighted by molar-refractivity contribution is -0.126. The van der Waals surface area contributed by atoms with Crippen molar-refractivity contribution < 1.29 is 14.0 Å². The van der Waals surface area contributed by atoms with Crippen molar-refractivity contribution in [3.8, 4) is 0 Å². The molecule has 0 aromatic carbocycles. The Balaban J connectivity index is 2.23. The van der Waals surface area contributed by atoms with Crippen LogP contribution in [0.5, 0.6) is 0 Å². The number of thioether (sulfide) groups is 1.